The number of hydrogen-bond acceptors (Lipinski definition) is 3. The van der Waals surface area contributed by atoms with E-state index in [-0.39, 0.29) is 17.9 Å². The normalized spacial score (nSPS) is 15.7. The summed E-state index contributed by atoms with van der Waals surface area (Å²) in [4.78, 5) is 13.6. The van der Waals surface area contributed by atoms with Crippen LogP contribution in [-0.2, 0) is 4.79 Å². The van der Waals surface area contributed by atoms with Crippen LogP contribution < -0.4 is 11.3 Å². The van der Waals surface area contributed by atoms with E-state index in [9.17, 15) is 4.79 Å². The molecule has 0 spiro atoms. The Hall–Kier alpha value is -0.610. The van der Waals surface area contributed by atoms with E-state index in [2.05, 4.69) is 24.2 Å². The molecule has 0 aromatic carbocycles. The molecule has 4 heteroatoms. The maximum absolute atomic E-state index is 11.5. The van der Waals surface area contributed by atoms with E-state index in [1.807, 2.05) is 20.9 Å². The Bertz CT molecular complexity index is 182. The second-order valence-corrected chi connectivity index (χ2v) is 4.12. The lowest BCUT2D eigenvalue weighted by Gasteiger charge is -2.33. The molecule has 0 rings (SSSR count). The number of amides is 1. The first kappa shape index (κ1) is 13.4. The number of nitrogens with two attached hydrogens (primary N) is 1. The van der Waals surface area contributed by atoms with Crippen LogP contribution in [0.2, 0.25) is 0 Å². The van der Waals surface area contributed by atoms with Crippen LogP contribution in [0.4, 0.5) is 0 Å². The first-order valence-electron chi connectivity index (χ1n) is 5.18. The summed E-state index contributed by atoms with van der Waals surface area (Å²) in [5, 5.41) is 0. The number of carbonyl (C=O) groups excluding carboxylic acids is 1. The van der Waals surface area contributed by atoms with E-state index >= 15 is 0 Å². The lowest BCUT2D eigenvalue weighted by molar-refractivity contribution is -0.128. The van der Waals surface area contributed by atoms with E-state index in [4.69, 9.17) is 5.84 Å². The third-order valence-electron chi connectivity index (χ3n) is 2.77. The molecule has 0 aromatic heterocycles. The molecule has 0 aliphatic heterocycles. The molecule has 3 N–H and O–H groups in total. The zero-order valence-corrected chi connectivity index (χ0v) is 9.87. The summed E-state index contributed by atoms with van der Waals surface area (Å²) in [5.41, 5.74) is 2.23. The highest BCUT2D eigenvalue weighted by Gasteiger charge is 2.28. The van der Waals surface area contributed by atoms with Gasteiger partial charge in [0.1, 0.15) is 0 Å². The first-order chi connectivity index (χ1) is 6.45. The van der Waals surface area contributed by atoms with Gasteiger partial charge in [-0.05, 0) is 26.3 Å². The van der Waals surface area contributed by atoms with E-state index < -0.39 is 0 Å². The highest BCUT2D eigenvalue weighted by molar-refractivity contribution is 5.81. The summed E-state index contributed by atoms with van der Waals surface area (Å²) in [6, 6.07) is 0.245. The van der Waals surface area contributed by atoms with Crippen LogP contribution in [0, 0.1) is 5.92 Å². The van der Waals surface area contributed by atoms with Crippen molar-refractivity contribution < 1.29 is 4.79 Å². The fraction of sp³-hybridized carbons (Fsp3) is 0.900. The van der Waals surface area contributed by atoms with Crippen molar-refractivity contribution in [3.8, 4) is 0 Å². The number of rotatable bonds is 5. The first-order valence-corrected chi connectivity index (χ1v) is 5.18. The number of nitrogens with one attached hydrogen (secondary N) is 1. The van der Waals surface area contributed by atoms with Gasteiger partial charge in [0, 0.05) is 6.04 Å². The minimum atomic E-state index is -0.144. The Labute approximate surface area is 86.8 Å². The number of carbonyl (C=O) groups is 1. The zero-order valence-electron chi connectivity index (χ0n) is 9.87. The molecule has 0 aliphatic rings. The van der Waals surface area contributed by atoms with Gasteiger partial charge in [0.05, 0.1) is 6.04 Å². The number of hydrazine groups is 1. The maximum atomic E-state index is 11.5. The van der Waals surface area contributed by atoms with Crippen molar-refractivity contribution in [2.75, 3.05) is 7.05 Å². The molecule has 1 amide bonds. The van der Waals surface area contributed by atoms with Crippen LogP contribution in [0.1, 0.15) is 34.1 Å². The second kappa shape index (κ2) is 5.98. The van der Waals surface area contributed by atoms with Gasteiger partial charge in [0.25, 0.3) is 5.91 Å². The van der Waals surface area contributed by atoms with Crippen molar-refractivity contribution in [2.24, 2.45) is 11.8 Å². The molecule has 0 radical (unpaired) electrons. The van der Waals surface area contributed by atoms with Crippen molar-refractivity contribution in [3.05, 3.63) is 0 Å². The fourth-order valence-corrected chi connectivity index (χ4v) is 1.61. The van der Waals surface area contributed by atoms with Crippen LogP contribution in [0.15, 0.2) is 0 Å². The molecular formula is C10H23N3O. The van der Waals surface area contributed by atoms with Crippen molar-refractivity contribution in [1.82, 2.24) is 10.3 Å². The number of hydrogen-bond donors (Lipinski definition) is 2. The van der Waals surface area contributed by atoms with Gasteiger partial charge in [-0.2, -0.15) is 0 Å². The topological polar surface area (TPSA) is 58.4 Å². The summed E-state index contributed by atoms with van der Waals surface area (Å²) >= 11 is 0. The minimum Gasteiger partial charge on any atom is -0.293 e. The van der Waals surface area contributed by atoms with Gasteiger partial charge in [-0.25, -0.2) is 5.84 Å². The third kappa shape index (κ3) is 3.27. The second-order valence-electron chi connectivity index (χ2n) is 4.12. The predicted molar refractivity (Wildman–Crippen MR) is 58.5 cm³/mol. The van der Waals surface area contributed by atoms with Gasteiger partial charge >= 0.3 is 0 Å². The quantitative estimate of drug-likeness (QED) is 0.392. The molecule has 0 bridgehead atoms. The van der Waals surface area contributed by atoms with Crippen molar-refractivity contribution >= 4 is 5.91 Å². The van der Waals surface area contributed by atoms with Gasteiger partial charge in [-0.15, -0.1) is 0 Å². The Morgan fingerprint density at radius 3 is 2.21 bits per heavy atom. The number of likely N-dealkylation sites (N-methyl/N-ethyl adjacent to an activating group) is 1. The standard InChI is InChI=1S/C10H23N3O/c1-6-8(4)13(5)9(7(2)3)10(14)12-11/h7-9H,6,11H2,1-5H3,(H,12,14). The summed E-state index contributed by atoms with van der Waals surface area (Å²) in [6.45, 7) is 8.27. The van der Waals surface area contributed by atoms with E-state index in [0.29, 0.717) is 6.04 Å². The van der Waals surface area contributed by atoms with Gasteiger partial charge in [0.2, 0.25) is 0 Å². The molecule has 4 nitrogen and oxygen atoms in total. The fourth-order valence-electron chi connectivity index (χ4n) is 1.61. The summed E-state index contributed by atoms with van der Waals surface area (Å²) in [7, 11) is 1.97. The van der Waals surface area contributed by atoms with Gasteiger partial charge in [0.15, 0.2) is 0 Å². The third-order valence-corrected chi connectivity index (χ3v) is 2.77. The maximum Gasteiger partial charge on any atom is 0.251 e. The van der Waals surface area contributed by atoms with Crippen molar-refractivity contribution in [1.29, 1.82) is 0 Å². The smallest absolute Gasteiger partial charge is 0.251 e. The molecule has 0 saturated heterocycles. The van der Waals surface area contributed by atoms with Crippen molar-refractivity contribution in [2.45, 2.75) is 46.2 Å². The molecule has 0 aromatic rings. The highest BCUT2D eigenvalue weighted by atomic mass is 16.2. The summed E-state index contributed by atoms with van der Waals surface area (Å²) < 4.78 is 0. The predicted octanol–water partition coefficient (Wildman–Crippen LogP) is 0.731. The van der Waals surface area contributed by atoms with Crippen LogP contribution >= 0.6 is 0 Å². The molecule has 14 heavy (non-hydrogen) atoms. The monoisotopic (exact) mass is 201 g/mol. The SMILES string of the molecule is CCC(C)N(C)C(C(=O)NN)C(C)C. The molecule has 0 aliphatic carbocycles. The average Bonchev–Trinajstić information content (AvgIpc) is 2.15. The Morgan fingerprint density at radius 2 is 1.93 bits per heavy atom. The van der Waals surface area contributed by atoms with Crippen LogP contribution in [-0.4, -0.2) is 29.9 Å². The Morgan fingerprint density at radius 1 is 1.43 bits per heavy atom. The van der Waals surface area contributed by atoms with Crippen molar-refractivity contribution in [3.63, 3.8) is 0 Å². The molecule has 0 fully saturated rings. The van der Waals surface area contributed by atoms with Crippen LogP contribution in [0.5, 0.6) is 0 Å². The molecule has 84 valence electrons. The Kier molecular flexibility index (Phi) is 5.72. The minimum absolute atomic E-state index is 0.109. The largest absolute Gasteiger partial charge is 0.293 e. The van der Waals surface area contributed by atoms with Gasteiger partial charge < -0.3 is 0 Å². The lowest BCUT2D eigenvalue weighted by atomic mass is 10.0. The van der Waals surface area contributed by atoms with E-state index in [0.717, 1.165) is 6.42 Å². The summed E-state index contributed by atoms with van der Waals surface area (Å²) in [6.07, 6.45) is 1.03. The zero-order chi connectivity index (χ0) is 11.3. The average molecular weight is 201 g/mol. The molecule has 2 unspecified atom stereocenters. The lowest BCUT2D eigenvalue weighted by Crippen LogP contribution is -2.52. The van der Waals surface area contributed by atoms with Crippen LogP contribution in [0.3, 0.4) is 0 Å². The van der Waals surface area contributed by atoms with Gasteiger partial charge in [-0.1, -0.05) is 20.8 Å². The Balaban J connectivity index is 4.56. The van der Waals surface area contributed by atoms with Gasteiger partial charge in [-0.3, -0.25) is 15.1 Å². The van der Waals surface area contributed by atoms with E-state index in [1.54, 1.807) is 0 Å². The molecule has 2 atom stereocenters. The number of nitrogens with zero attached hydrogens (tertiary/aromatic N) is 1. The molecule has 0 saturated carbocycles. The summed E-state index contributed by atoms with van der Waals surface area (Å²) in [5.74, 6) is 5.32. The highest BCUT2D eigenvalue weighted by Crippen LogP contribution is 2.13. The van der Waals surface area contributed by atoms with E-state index in [1.165, 1.54) is 0 Å². The molecule has 0 heterocycles. The molecular weight excluding hydrogens is 178 g/mol. The van der Waals surface area contributed by atoms with Crippen LogP contribution in [0.25, 0.3) is 0 Å².